The van der Waals surface area contributed by atoms with E-state index in [9.17, 15) is 18.8 Å². The molecule has 2 amide bonds. The number of rotatable bonds is 4. The fourth-order valence-corrected chi connectivity index (χ4v) is 2.62. The van der Waals surface area contributed by atoms with Crippen LogP contribution in [-0.2, 0) is 20.9 Å². The van der Waals surface area contributed by atoms with Crippen LogP contribution in [-0.4, -0.2) is 17.8 Å². The zero-order valence-corrected chi connectivity index (χ0v) is 13.6. The minimum Gasteiger partial charge on any atom is -0.457 e. The number of imide groups is 1. The van der Waals surface area contributed by atoms with E-state index in [1.54, 1.807) is 6.07 Å². The van der Waals surface area contributed by atoms with Crippen LogP contribution in [0, 0.1) is 17.1 Å². The van der Waals surface area contributed by atoms with Crippen LogP contribution in [0.4, 0.5) is 10.1 Å². The van der Waals surface area contributed by atoms with Crippen LogP contribution >= 0.6 is 0 Å². The van der Waals surface area contributed by atoms with Gasteiger partial charge in [0.1, 0.15) is 12.4 Å². The normalized spacial score (nSPS) is 13.6. The Kier molecular flexibility index (Phi) is 4.76. The number of nitriles is 1. The van der Waals surface area contributed by atoms with Crippen LogP contribution in [0.1, 0.15) is 34.3 Å². The number of halogens is 1. The molecule has 2 aromatic carbocycles. The molecule has 0 aliphatic carbocycles. The highest BCUT2D eigenvalue weighted by atomic mass is 19.1. The lowest BCUT2D eigenvalue weighted by Crippen LogP contribution is -2.28. The van der Waals surface area contributed by atoms with Gasteiger partial charge in [0.2, 0.25) is 11.8 Å². The summed E-state index contributed by atoms with van der Waals surface area (Å²) in [4.78, 5) is 36.8. The molecule has 0 bridgehead atoms. The van der Waals surface area contributed by atoms with Gasteiger partial charge in [-0.3, -0.25) is 14.5 Å². The molecule has 1 aliphatic rings. The number of esters is 1. The highest BCUT2D eigenvalue weighted by Crippen LogP contribution is 2.24. The van der Waals surface area contributed by atoms with Gasteiger partial charge in [0.15, 0.2) is 0 Å². The summed E-state index contributed by atoms with van der Waals surface area (Å²) in [5.41, 5.74) is 0.764. The van der Waals surface area contributed by atoms with E-state index in [0.29, 0.717) is 5.69 Å². The second-order valence-corrected chi connectivity index (χ2v) is 5.67. The van der Waals surface area contributed by atoms with Gasteiger partial charge in [-0.25, -0.2) is 9.18 Å². The molecule has 2 aromatic rings. The number of hydrogen-bond acceptors (Lipinski definition) is 5. The standard InChI is InChI=1S/C19H13FN2O4/c20-16-5-4-12(10-21)8-14(16)11-26-19(25)13-2-1-3-15(9-13)22-17(23)6-7-18(22)24/h1-5,8-9H,6-7,11H2. The van der Waals surface area contributed by atoms with Crippen LogP contribution in [0.15, 0.2) is 42.5 Å². The maximum absolute atomic E-state index is 13.7. The summed E-state index contributed by atoms with van der Waals surface area (Å²) in [6, 6.07) is 11.6. The topological polar surface area (TPSA) is 87.5 Å². The molecule has 1 aliphatic heterocycles. The van der Waals surface area contributed by atoms with Gasteiger partial charge in [0, 0.05) is 18.4 Å². The Labute approximate surface area is 148 Å². The van der Waals surface area contributed by atoms with E-state index in [2.05, 4.69) is 0 Å². The molecule has 1 saturated heterocycles. The Bertz CT molecular complexity index is 933. The van der Waals surface area contributed by atoms with Crippen molar-refractivity contribution in [1.29, 1.82) is 5.26 Å². The lowest BCUT2D eigenvalue weighted by molar-refractivity contribution is -0.121. The molecule has 0 spiro atoms. The van der Waals surface area contributed by atoms with Crippen LogP contribution in [0.2, 0.25) is 0 Å². The fourth-order valence-electron chi connectivity index (χ4n) is 2.62. The lowest BCUT2D eigenvalue weighted by Gasteiger charge is -2.14. The average Bonchev–Trinajstić information content (AvgIpc) is 2.99. The molecule has 0 radical (unpaired) electrons. The number of carbonyl (C=O) groups excluding carboxylic acids is 3. The van der Waals surface area contributed by atoms with Crippen molar-refractivity contribution in [3.8, 4) is 6.07 Å². The number of amides is 2. The Morgan fingerprint density at radius 1 is 1.15 bits per heavy atom. The van der Waals surface area contributed by atoms with Crippen molar-refractivity contribution in [3.05, 3.63) is 65.0 Å². The van der Waals surface area contributed by atoms with Crippen molar-refractivity contribution in [2.45, 2.75) is 19.4 Å². The quantitative estimate of drug-likeness (QED) is 0.624. The zero-order valence-electron chi connectivity index (χ0n) is 13.6. The predicted octanol–water partition coefficient (Wildman–Crippen LogP) is 2.71. The van der Waals surface area contributed by atoms with Crippen molar-refractivity contribution < 1.29 is 23.5 Å². The highest BCUT2D eigenvalue weighted by molar-refractivity contribution is 6.20. The van der Waals surface area contributed by atoms with Gasteiger partial charge < -0.3 is 4.74 Å². The van der Waals surface area contributed by atoms with Gasteiger partial charge >= 0.3 is 5.97 Å². The number of hydrogen-bond donors (Lipinski definition) is 0. The minimum atomic E-state index is -0.729. The largest absolute Gasteiger partial charge is 0.457 e. The zero-order chi connectivity index (χ0) is 18.7. The Morgan fingerprint density at radius 3 is 2.58 bits per heavy atom. The summed E-state index contributed by atoms with van der Waals surface area (Å²) in [5, 5.41) is 8.85. The summed E-state index contributed by atoms with van der Waals surface area (Å²) in [7, 11) is 0. The van der Waals surface area contributed by atoms with Crippen molar-refractivity contribution in [2.24, 2.45) is 0 Å². The molecule has 0 unspecified atom stereocenters. The lowest BCUT2D eigenvalue weighted by atomic mass is 10.1. The number of nitrogens with zero attached hydrogens (tertiary/aromatic N) is 2. The number of ether oxygens (including phenoxy) is 1. The van der Waals surface area contributed by atoms with E-state index in [0.717, 1.165) is 11.0 Å². The molecule has 6 nitrogen and oxygen atoms in total. The summed E-state index contributed by atoms with van der Waals surface area (Å²) < 4.78 is 18.8. The molecule has 3 rings (SSSR count). The number of carbonyl (C=O) groups is 3. The highest BCUT2D eigenvalue weighted by Gasteiger charge is 2.30. The minimum absolute atomic E-state index is 0.0819. The Balaban J connectivity index is 1.75. The maximum atomic E-state index is 13.7. The van der Waals surface area contributed by atoms with Gasteiger partial charge in [-0.05, 0) is 36.4 Å². The average molecular weight is 352 g/mol. The van der Waals surface area contributed by atoms with Crippen molar-refractivity contribution in [3.63, 3.8) is 0 Å². The molecule has 1 fully saturated rings. The SMILES string of the molecule is N#Cc1ccc(F)c(COC(=O)c2cccc(N3C(=O)CCC3=O)c2)c1. The van der Waals surface area contributed by atoms with Crippen molar-refractivity contribution in [1.82, 2.24) is 0 Å². The van der Waals surface area contributed by atoms with Crippen molar-refractivity contribution >= 4 is 23.5 Å². The fraction of sp³-hybridized carbons (Fsp3) is 0.158. The first-order valence-electron chi connectivity index (χ1n) is 7.81. The van der Waals surface area contributed by atoms with Gasteiger partial charge in [-0.1, -0.05) is 6.07 Å². The van der Waals surface area contributed by atoms with Crippen LogP contribution in [0.3, 0.4) is 0 Å². The first-order chi connectivity index (χ1) is 12.5. The molecule has 7 heteroatoms. The van der Waals surface area contributed by atoms with Gasteiger partial charge in [-0.15, -0.1) is 0 Å². The third-order valence-electron chi connectivity index (χ3n) is 3.93. The molecule has 26 heavy (non-hydrogen) atoms. The first kappa shape index (κ1) is 17.3. The monoisotopic (exact) mass is 352 g/mol. The van der Waals surface area contributed by atoms with E-state index in [1.807, 2.05) is 6.07 Å². The molecule has 1 heterocycles. The van der Waals surface area contributed by atoms with Gasteiger partial charge in [0.05, 0.1) is 22.9 Å². The Morgan fingerprint density at radius 2 is 1.88 bits per heavy atom. The molecular formula is C19H13FN2O4. The van der Waals surface area contributed by atoms with E-state index in [-0.39, 0.29) is 48.0 Å². The predicted molar refractivity (Wildman–Crippen MR) is 88.4 cm³/mol. The third-order valence-corrected chi connectivity index (χ3v) is 3.93. The van der Waals surface area contributed by atoms with E-state index in [4.69, 9.17) is 10.00 Å². The van der Waals surface area contributed by atoms with Gasteiger partial charge in [0.25, 0.3) is 0 Å². The van der Waals surface area contributed by atoms with Crippen molar-refractivity contribution in [2.75, 3.05) is 4.90 Å². The van der Waals surface area contributed by atoms with Gasteiger partial charge in [-0.2, -0.15) is 5.26 Å². The Hall–Kier alpha value is -3.53. The smallest absolute Gasteiger partial charge is 0.338 e. The van der Waals surface area contributed by atoms with Crippen LogP contribution in [0.5, 0.6) is 0 Å². The first-order valence-corrected chi connectivity index (χ1v) is 7.81. The second-order valence-electron chi connectivity index (χ2n) is 5.67. The van der Waals surface area contributed by atoms with E-state index < -0.39 is 11.8 Å². The molecule has 130 valence electrons. The van der Waals surface area contributed by atoms with Crippen LogP contribution in [0.25, 0.3) is 0 Å². The van der Waals surface area contributed by atoms with Crippen LogP contribution < -0.4 is 4.90 Å². The summed E-state index contributed by atoms with van der Waals surface area (Å²) in [6.45, 7) is -0.341. The summed E-state index contributed by atoms with van der Waals surface area (Å²) >= 11 is 0. The summed E-state index contributed by atoms with van der Waals surface area (Å²) in [5.74, 6) is -1.96. The second kappa shape index (κ2) is 7.15. The number of benzene rings is 2. The molecular weight excluding hydrogens is 339 g/mol. The summed E-state index contributed by atoms with van der Waals surface area (Å²) in [6.07, 6.45) is 0.282. The number of anilines is 1. The maximum Gasteiger partial charge on any atom is 0.338 e. The third kappa shape index (κ3) is 3.44. The van der Waals surface area contributed by atoms with E-state index in [1.165, 1.54) is 30.3 Å². The van der Waals surface area contributed by atoms with E-state index >= 15 is 0 Å². The molecule has 0 N–H and O–H groups in total. The molecule has 0 aromatic heterocycles. The molecule has 0 saturated carbocycles. The molecule has 0 atom stereocenters.